The van der Waals surface area contributed by atoms with Gasteiger partial charge in [-0.3, -0.25) is 0 Å². The summed E-state index contributed by atoms with van der Waals surface area (Å²) in [5.74, 6) is 0. The number of hydrogen-bond donors (Lipinski definition) is 1. The Morgan fingerprint density at radius 2 is 2.38 bits per heavy atom. The van der Waals surface area contributed by atoms with Crippen molar-refractivity contribution in [3.05, 3.63) is 36.2 Å². The van der Waals surface area contributed by atoms with E-state index < -0.39 is 0 Å². The summed E-state index contributed by atoms with van der Waals surface area (Å²) in [6.45, 7) is 5.92. The van der Waals surface area contributed by atoms with Crippen molar-refractivity contribution in [3.8, 4) is 0 Å². The number of rotatable bonds is 4. The SMILES string of the molecule is C=C(C)CC(NC)c1ccnnc1. The molecule has 3 heteroatoms. The molecule has 0 aliphatic carbocycles. The lowest BCUT2D eigenvalue weighted by atomic mass is 10.0. The fourth-order valence-corrected chi connectivity index (χ4v) is 1.24. The van der Waals surface area contributed by atoms with Crippen LogP contribution in [-0.4, -0.2) is 17.2 Å². The minimum Gasteiger partial charge on any atom is -0.313 e. The van der Waals surface area contributed by atoms with Crippen molar-refractivity contribution < 1.29 is 0 Å². The van der Waals surface area contributed by atoms with Gasteiger partial charge in [0.2, 0.25) is 0 Å². The van der Waals surface area contributed by atoms with Crippen LogP contribution in [-0.2, 0) is 0 Å². The summed E-state index contributed by atoms with van der Waals surface area (Å²) >= 11 is 0. The van der Waals surface area contributed by atoms with Crippen LogP contribution in [0.1, 0.15) is 24.9 Å². The molecule has 13 heavy (non-hydrogen) atoms. The van der Waals surface area contributed by atoms with Crippen molar-refractivity contribution in [2.24, 2.45) is 0 Å². The van der Waals surface area contributed by atoms with Crippen molar-refractivity contribution >= 4 is 0 Å². The van der Waals surface area contributed by atoms with Crippen LogP contribution in [0.5, 0.6) is 0 Å². The molecule has 0 saturated carbocycles. The summed E-state index contributed by atoms with van der Waals surface area (Å²) in [4.78, 5) is 0. The van der Waals surface area contributed by atoms with Gasteiger partial charge in [0.15, 0.2) is 0 Å². The number of nitrogens with zero attached hydrogens (tertiary/aromatic N) is 2. The Morgan fingerprint density at radius 1 is 1.62 bits per heavy atom. The molecule has 0 aliphatic rings. The van der Waals surface area contributed by atoms with E-state index in [-0.39, 0.29) is 0 Å². The minimum absolute atomic E-state index is 0.299. The fraction of sp³-hybridized carbons (Fsp3) is 0.400. The van der Waals surface area contributed by atoms with Gasteiger partial charge in [-0.15, -0.1) is 6.58 Å². The van der Waals surface area contributed by atoms with Crippen LogP contribution in [0.15, 0.2) is 30.6 Å². The predicted octanol–water partition coefficient (Wildman–Crippen LogP) is 1.70. The molecule has 1 N–H and O–H groups in total. The highest BCUT2D eigenvalue weighted by atomic mass is 15.1. The zero-order chi connectivity index (χ0) is 9.68. The molecule has 1 atom stereocenters. The molecular formula is C10H15N3. The largest absolute Gasteiger partial charge is 0.313 e. The second-order valence-corrected chi connectivity index (χ2v) is 3.18. The summed E-state index contributed by atoms with van der Waals surface area (Å²) in [5, 5.41) is 10.8. The maximum atomic E-state index is 3.89. The Morgan fingerprint density at radius 3 is 2.85 bits per heavy atom. The highest BCUT2D eigenvalue weighted by molar-refractivity contribution is 5.14. The van der Waals surface area contributed by atoms with E-state index in [4.69, 9.17) is 0 Å². The Balaban J connectivity index is 2.73. The van der Waals surface area contributed by atoms with Crippen LogP contribution in [0, 0.1) is 0 Å². The fourth-order valence-electron chi connectivity index (χ4n) is 1.24. The molecule has 0 saturated heterocycles. The van der Waals surface area contributed by atoms with Crippen LogP contribution in [0.3, 0.4) is 0 Å². The first-order valence-electron chi connectivity index (χ1n) is 4.32. The first-order chi connectivity index (χ1) is 6.24. The smallest absolute Gasteiger partial charge is 0.0544 e. The van der Waals surface area contributed by atoms with Crippen LogP contribution in [0.4, 0.5) is 0 Å². The Kier molecular flexibility index (Phi) is 3.58. The van der Waals surface area contributed by atoms with Crippen LogP contribution < -0.4 is 5.32 Å². The van der Waals surface area contributed by atoms with E-state index in [1.165, 1.54) is 0 Å². The lowest BCUT2D eigenvalue weighted by molar-refractivity contribution is 0.586. The Bertz CT molecular complexity index is 269. The van der Waals surface area contributed by atoms with Gasteiger partial charge in [0.05, 0.1) is 6.20 Å². The van der Waals surface area contributed by atoms with Gasteiger partial charge in [-0.25, -0.2) is 0 Å². The van der Waals surface area contributed by atoms with Crippen molar-refractivity contribution in [2.75, 3.05) is 7.05 Å². The highest BCUT2D eigenvalue weighted by Gasteiger charge is 2.08. The second-order valence-electron chi connectivity index (χ2n) is 3.18. The molecule has 1 heterocycles. The average Bonchev–Trinajstić information content (AvgIpc) is 2.15. The average molecular weight is 177 g/mol. The van der Waals surface area contributed by atoms with Gasteiger partial charge in [-0.1, -0.05) is 5.57 Å². The Labute approximate surface area is 78.9 Å². The molecule has 1 rings (SSSR count). The van der Waals surface area contributed by atoms with E-state index in [1.54, 1.807) is 12.4 Å². The van der Waals surface area contributed by atoms with E-state index in [2.05, 4.69) is 22.1 Å². The van der Waals surface area contributed by atoms with Gasteiger partial charge in [-0.05, 0) is 32.0 Å². The first-order valence-corrected chi connectivity index (χ1v) is 4.32. The maximum absolute atomic E-state index is 3.89. The van der Waals surface area contributed by atoms with E-state index in [9.17, 15) is 0 Å². The molecule has 0 spiro atoms. The van der Waals surface area contributed by atoms with E-state index >= 15 is 0 Å². The summed E-state index contributed by atoms with van der Waals surface area (Å²) in [7, 11) is 1.94. The topological polar surface area (TPSA) is 37.8 Å². The molecule has 70 valence electrons. The summed E-state index contributed by atoms with van der Waals surface area (Å²) < 4.78 is 0. The van der Waals surface area contributed by atoms with Crippen molar-refractivity contribution in [2.45, 2.75) is 19.4 Å². The molecule has 1 aromatic rings. The molecule has 0 amide bonds. The zero-order valence-corrected chi connectivity index (χ0v) is 8.12. The van der Waals surface area contributed by atoms with Gasteiger partial charge in [0.25, 0.3) is 0 Å². The van der Waals surface area contributed by atoms with Crippen molar-refractivity contribution in [1.82, 2.24) is 15.5 Å². The lowest BCUT2D eigenvalue weighted by Crippen LogP contribution is -2.16. The predicted molar refractivity (Wildman–Crippen MR) is 53.3 cm³/mol. The molecular weight excluding hydrogens is 162 g/mol. The summed E-state index contributed by atoms with van der Waals surface area (Å²) in [6, 6.07) is 2.27. The standard InChI is InChI=1S/C10H15N3/c1-8(2)6-10(11-3)9-4-5-12-13-7-9/h4-5,7,10-11H,1,6H2,2-3H3. The van der Waals surface area contributed by atoms with Crippen LogP contribution in [0.2, 0.25) is 0 Å². The first kappa shape index (κ1) is 9.86. The monoisotopic (exact) mass is 177 g/mol. The van der Waals surface area contributed by atoms with Crippen LogP contribution in [0.25, 0.3) is 0 Å². The van der Waals surface area contributed by atoms with E-state index in [1.807, 2.05) is 20.0 Å². The van der Waals surface area contributed by atoms with E-state index in [0.29, 0.717) is 6.04 Å². The molecule has 3 nitrogen and oxygen atoms in total. The van der Waals surface area contributed by atoms with Gasteiger partial charge >= 0.3 is 0 Å². The molecule has 0 fully saturated rings. The number of aromatic nitrogens is 2. The molecule has 0 bridgehead atoms. The normalized spacial score (nSPS) is 12.5. The quantitative estimate of drug-likeness (QED) is 0.711. The van der Waals surface area contributed by atoms with Gasteiger partial charge in [-0.2, -0.15) is 10.2 Å². The van der Waals surface area contributed by atoms with Crippen LogP contribution >= 0.6 is 0 Å². The third kappa shape index (κ3) is 2.95. The van der Waals surface area contributed by atoms with E-state index in [0.717, 1.165) is 17.6 Å². The number of hydrogen-bond acceptors (Lipinski definition) is 3. The minimum atomic E-state index is 0.299. The number of nitrogens with one attached hydrogen (secondary N) is 1. The molecule has 0 aromatic carbocycles. The molecule has 0 radical (unpaired) electrons. The maximum Gasteiger partial charge on any atom is 0.0544 e. The second kappa shape index (κ2) is 4.72. The summed E-state index contributed by atoms with van der Waals surface area (Å²) in [6.07, 6.45) is 4.42. The van der Waals surface area contributed by atoms with Crippen molar-refractivity contribution in [1.29, 1.82) is 0 Å². The molecule has 1 aromatic heterocycles. The van der Waals surface area contributed by atoms with Gasteiger partial charge < -0.3 is 5.32 Å². The summed E-state index contributed by atoms with van der Waals surface area (Å²) in [5.41, 5.74) is 2.32. The van der Waals surface area contributed by atoms with Gasteiger partial charge in [0, 0.05) is 12.2 Å². The third-order valence-electron chi connectivity index (χ3n) is 1.91. The molecule has 1 unspecified atom stereocenters. The molecule has 0 aliphatic heterocycles. The van der Waals surface area contributed by atoms with Gasteiger partial charge in [0.1, 0.15) is 0 Å². The highest BCUT2D eigenvalue weighted by Crippen LogP contribution is 2.17. The third-order valence-corrected chi connectivity index (χ3v) is 1.91. The van der Waals surface area contributed by atoms with Crippen molar-refractivity contribution in [3.63, 3.8) is 0 Å². The lowest BCUT2D eigenvalue weighted by Gasteiger charge is -2.15. The zero-order valence-electron chi connectivity index (χ0n) is 8.12. The Hall–Kier alpha value is -1.22.